The maximum atomic E-state index is 13.4. The second kappa shape index (κ2) is 5.62. The average Bonchev–Trinajstić information content (AvgIpc) is 2.40. The van der Waals surface area contributed by atoms with Gasteiger partial charge in [0, 0.05) is 12.1 Å². The summed E-state index contributed by atoms with van der Waals surface area (Å²) in [6.45, 7) is 0.283. The summed E-state index contributed by atoms with van der Waals surface area (Å²) < 4.78 is 13.4. The van der Waals surface area contributed by atoms with E-state index < -0.39 is 11.7 Å². The quantitative estimate of drug-likeness (QED) is 0.839. The highest BCUT2D eigenvalue weighted by atomic mass is 35.5. The van der Waals surface area contributed by atoms with E-state index in [1.54, 1.807) is 24.3 Å². The first-order valence-electron chi connectivity index (χ1n) is 5.37. The van der Waals surface area contributed by atoms with E-state index in [-0.39, 0.29) is 17.6 Å². The van der Waals surface area contributed by atoms with Gasteiger partial charge >= 0.3 is 0 Å². The molecule has 0 spiro atoms. The maximum absolute atomic E-state index is 13.4. The molecule has 3 N–H and O–H groups in total. The molecular formula is C12H10ClFN4O. The normalized spacial score (nSPS) is 10.2. The Kier molecular flexibility index (Phi) is 3.91. The molecule has 0 aliphatic rings. The molecule has 0 saturated heterocycles. The summed E-state index contributed by atoms with van der Waals surface area (Å²) in [5.41, 5.74) is 6.33. The molecule has 1 amide bonds. The molecule has 0 unspecified atom stereocenters. The van der Waals surface area contributed by atoms with Crippen molar-refractivity contribution in [1.82, 2.24) is 9.97 Å². The first kappa shape index (κ1) is 13.2. The number of nitrogens with two attached hydrogens (primary N) is 1. The minimum absolute atomic E-state index is 0.00415. The lowest BCUT2D eigenvalue weighted by molar-refractivity contribution is 0.1000. The van der Waals surface area contributed by atoms with Gasteiger partial charge in [0.2, 0.25) is 11.2 Å². The number of hydrogen-bond donors (Lipinski definition) is 2. The molecule has 19 heavy (non-hydrogen) atoms. The van der Waals surface area contributed by atoms with Gasteiger partial charge in [-0.15, -0.1) is 0 Å². The number of carbonyl (C=O) groups is 1. The van der Waals surface area contributed by atoms with Crippen molar-refractivity contribution in [3.05, 3.63) is 52.7 Å². The zero-order valence-corrected chi connectivity index (χ0v) is 10.5. The van der Waals surface area contributed by atoms with Crippen LogP contribution in [-0.2, 0) is 6.54 Å². The number of halogens is 2. The number of rotatable bonds is 4. The molecule has 7 heteroatoms. The molecule has 1 aromatic heterocycles. The van der Waals surface area contributed by atoms with Crippen LogP contribution in [0.15, 0.2) is 30.5 Å². The first-order chi connectivity index (χ1) is 9.06. The topological polar surface area (TPSA) is 80.9 Å². The minimum Gasteiger partial charge on any atom is -0.366 e. The molecule has 5 nitrogen and oxygen atoms in total. The van der Waals surface area contributed by atoms with Crippen LogP contribution in [0.4, 0.5) is 10.2 Å². The molecule has 1 aromatic carbocycles. The standard InChI is InChI=1S/C12H10ClFN4O/c13-12-17-6-9(14)11(18-12)16-5-7-2-1-3-8(4-7)10(15)19/h1-4,6H,5H2,(H2,15,19)(H,16,17,18). The summed E-state index contributed by atoms with van der Waals surface area (Å²) in [6.07, 6.45) is 0.984. The highest BCUT2D eigenvalue weighted by molar-refractivity contribution is 6.28. The Hall–Kier alpha value is -2.21. The Morgan fingerprint density at radius 1 is 1.47 bits per heavy atom. The highest BCUT2D eigenvalue weighted by Gasteiger charge is 2.06. The van der Waals surface area contributed by atoms with Gasteiger partial charge in [-0.05, 0) is 29.3 Å². The van der Waals surface area contributed by atoms with E-state index in [2.05, 4.69) is 15.3 Å². The van der Waals surface area contributed by atoms with Crippen LogP contribution in [0.2, 0.25) is 5.28 Å². The summed E-state index contributed by atoms with van der Waals surface area (Å²) in [5.74, 6) is -1.11. The molecule has 0 saturated carbocycles. The number of carbonyl (C=O) groups excluding carboxylic acids is 1. The molecule has 0 aliphatic heterocycles. The van der Waals surface area contributed by atoms with Gasteiger partial charge in [-0.1, -0.05) is 12.1 Å². The number of anilines is 1. The molecule has 98 valence electrons. The number of amides is 1. The Balaban J connectivity index is 2.12. The lowest BCUT2D eigenvalue weighted by atomic mass is 10.1. The van der Waals surface area contributed by atoms with Crippen molar-refractivity contribution in [2.45, 2.75) is 6.54 Å². The predicted octanol–water partition coefficient (Wildman–Crippen LogP) is 1.98. The van der Waals surface area contributed by atoms with Crippen molar-refractivity contribution in [1.29, 1.82) is 0 Å². The number of nitrogens with one attached hydrogen (secondary N) is 1. The van der Waals surface area contributed by atoms with E-state index in [1.807, 2.05) is 0 Å². The van der Waals surface area contributed by atoms with Crippen molar-refractivity contribution in [3.8, 4) is 0 Å². The fraction of sp³-hybridized carbons (Fsp3) is 0.0833. The molecule has 1 heterocycles. The summed E-state index contributed by atoms with van der Waals surface area (Å²) >= 11 is 5.58. The Morgan fingerprint density at radius 3 is 3.00 bits per heavy atom. The Bertz CT molecular complexity index is 620. The fourth-order valence-corrected chi connectivity index (χ4v) is 1.62. The van der Waals surface area contributed by atoms with Gasteiger partial charge in [-0.2, -0.15) is 4.98 Å². The summed E-state index contributed by atoms with van der Waals surface area (Å²) in [5, 5.41) is 2.73. The average molecular weight is 281 g/mol. The van der Waals surface area contributed by atoms with Crippen molar-refractivity contribution in [2.75, 3.05) is 5.32 Å². The fourth-order valence-electron chi connectivity index (χ4n) is 1.49. The van der Waals surface area contributed by atoms with E-state index in [9.17, 15) is 9.18 Å². The number of hydrogen-bond acceptors (Lipinski definition) is 4. The van der Waals surface area contributed by atoms with Gasteiger partial charge in [0.05, 0.1) is 6.20 Å². The SMILES string of the molecule is NC(=O)c1cccc(CNc2nc(Cl)ncc2F)c1. The van der Waals surface area contributed by atoms with Gasteiger partial charge in [0.1, 0.15) is 0 Å². The number of nitrogens with zero attached hydrogens (tertiary/aromatic N) is 2. The molecule has 0 aliphatic carbocycles. The van der Waals surface area contributed by atoms with E-state index in [0.717, 1.165) is 11.8 Å². The summed E-state index contributed by atoms with van der Waals surface area (Å²) in [6, 6.07) is 6.70. The Morgan fingerprint density at radius 2 is 2.26 bits per heavy atom. The molecule has 2 rings (SSSR count). The highest BCUT2D eigenvalue weighted by Crippen LogP contribution is 2.13. The van der Waals surface area contributed by atoms with Crippen LogP contribution in [0.3, 0.4) is 0 Å². The monoisotopic (exact) mass is 280 g/mol. The number of primary amides is 1. The van der Waals surface area contributed by atoms with E-state index >= 15 is 0 Å². The van der Waals surface area contributed by atoms with Crippen LogP contribution in [0.5, 0.6) is 0 Å². The smallest absolute Gasteiger partial charge is 0.248 e. The lowest BCUT2D eigenvalue weighted by Gasteiger charge is -2.07. The zero-order valence-electron chi connectivity index (χ0n) is 9.73. The molecule has 0 bridgehead atoms. The number of aromatic nitrogens is 2. The number of benzene rings is 1. The van der Waals surface area contributed by atoms with E-state index in [1.165, 1.54) is 0 Å². The molecule has 0 atom stereocenters. The van der Waals surface area contributed by atoms with Crippen LogP contribution >= 0.6 is 11.6 Å². The van der Waals surface area contributed by atoms with E-state index in [4.69, 9.17) is 17.3 Å². The third-order valence-electron chi connectivity index (χ3n) is 2.39. The summed E-state index contributed by atoms with van der Waals surface area (Å²) in [4.78, 5) is 18.3. The third kappa shape index (κ3) is 3.38. The molecule has 0 fully saturated rings. The first-order valence-corrected chi connectivity index (χ1v) is 5.74. The van der Waals surface area contributed by atoms with Crippen molar-refractivity contribution < 1.29 is 9.18 Å². The van der Waals surface area contributed by atoms with Crippen LogP contribution < -0.4 is 11.1 Å². The van der Waals surface area contributed by atoms with Crippen LogP contribution in [-0.4, -0.2) is 15.9 Å². The van der Waals surface area contributed by atoms with Crippen molar-refractivity contribution in [3.63, 3.8) is 0 Å². The van der Waals surface area contributed by atoms with Crippen LogP contribution in [0.1, 0.15) is 15.9 Å². The van der Waals surface area contributed by atoms with Crippen molar-refractivity contribution >= 4 is 23.3 Å². The zero-order chi connectivity index (χ0) is 13.8. The van der Waals surface area contributed by atoms with Crippen LogP contribution in [0.25, 0.3) is 0 Å². The lowest BCUT2D eigenvalue weighted by Crippen LogP contribution is -2.12. The van der Waals surface area contributed by atoms with E-state index in [0.29, 0.717) is 5.56 Å². The Labute approximate surface area is 113 Å². The molecule has 0 radical (unpaired) electrons. The van der Waals surface area contributed by atoms with Crippen molar-refractivity contribution in [2.24, 2.45) is 5.73 Å². The van der Waals surface area contributed by atoms with Gasteiger partial charge in [0.25, 0.3) is 0 Å². The van der Waals surface area contributed by atoms with Gasteiger partial charge in [-0.3, -0.25) is 4.79 Å². The largest absolute Gasteiger partial charge is 0.366 e. The maximum Gasteiger partial charge on any atom is 0.248 e. The molecular weight excluding hydrogens is 271 g/mol. The van der Waals surface area contributed by atoms with Gasteiger partial charge < -0.3 is 11.1 Å². The minimum atomic E-state index is -0.601. The van der Waals surface area contributed by atoms with Gasteiger partial charge in [-0.25, -0.2) is 9.37 Å². The molecule has 2 aromatic rings. The second-order valence-corrected chi connectivity index (χ2v) is 4.09. The third-order valence-corrected chi connectivity index (χ3v) is 2.57. The summed E-state index contributed by atoms with van der Waals surface area (Å²) in [7, 11) is 0. The second-order valence-electron chi connectivity index (χ2n) is 3.75. The van der Waals surface area contributed by atoms with Gasteiger partial charge in [0.15, 0.2) is 11.6 Å². The van der Waals surface area contributed by atoms with Crippen LogP contribution in [0, 0.1) is 5.82 Å². The predicted molar refractivity (Wildman–Crippen MR) is 69.3 cm³/mol.